The number of benzene rings is 1. The van der Waals surface area contributed by atoms with E-state index in [1.807, 2.05) is 24.3 Å². The summed E-state index contributed by atoms with van der Waals surface area (Å²) in [6, 6.07) is 10.1. The fourth-order valence-electron chi connectivity index (χ4n) is 3.20. The number of hydrogen-bond donors (Lipinski definition) is 0. The van der Waals surface area contributed by atoms with E-state index < -0.39 is 0 Å². The van der Waals surface area contributed by atoms with Crippen LogP contribution in [0.5, 0.6) is 0 Å². The largest absolute Gasteiger partial charge is 0.279 e. The monoisotopic (exact) mass is 313 g/mol. The molecule has 1 atom stereocenters. The Kier molecular flexibility index (Phi) is 7.05. The van der Waals surface area contributed by atoms with Gasteiger partial charge in [0.1, 0.15) is 0 Å². The van der Waals surface area contributed by atoms with E-state index in [1.165, 1.54) is 10.5 Å². The summed E-state index contributed by atoms with van der Waals surface area (Å²) in [5.74, 6) is 0.0136. The lowest BCUT2D eigenvalue weighted by Gasteiger charge is -2.23. The van der Waals surface area contributed by atoms with Gasteiger partial charge in [-0.25, -0.2) is 0 Å². The molecule has 1 aromatic carbocycles. The van der Waals surface area contributed by atoms with Crippen LogP contribution in [-0.4, -0.2) is 22.8 Å². The van der Waals surface area contributed by atoms with Gasteiger partial charge in [-0.15, -0.1) is 6.58 Å². The molecule has 1 aromatic rings. The molecule has 0 saturated carbocycles. The minimum atomic E-state index is 0.00240. The molecule has 0 bridgehead atoms. The molecule has 3 heteroatoms. The molecule has 1 saturated heterocycles. The smallest absolute Gasteiger partial charge is 0.229 e. The summed E-state index contributed by atoms with van der Waals surface area (Å²) in [7, 11) is 0. The van der Waals surface area contributed by atoms with Crippen LogP contribution in [0.25, 0.3) is 0 Å². The lowest BCUT2D eigenvalue weighted by molar-refractivity contribution is -0.143. The van der Waals surface area contributed by atoms with E-state index in [9.17, 15) is 9.59 Å². The van der Waals surface area contributed by atoms with Crippen molar-refractivity contribution in [1.82, 2.24) is 4.90 Å². The Morgan fingerprint density at radius 3 is 2.65 bits per heavy atom. The third-order valence-corrected chi connectivity index (χ3v) is 4.46. The zero-order valence-electron chi connectivity index (χ0n) is 13.9. The summed E-state index contributed by atoms with van der Waals surface area (Å²) in [6.07, 6.45) is 9.71. The van der Waals surface area contributed by atoms with Crippen LogP contribution in [0, 0.1) is 0 Å². The minimum absolute atomic E-state index is 0.00240. The van der Waals surface area contributed by atoms with Crippen LogP contribution in [0.3, 0.4) is 0 Å². The fourth-order valence-corrected chi connectivity index (χ4v) is 3.20. The topological polar surface area (TPSA) is 37.4 Å². The number of carbonyl (C=O) groups is 2. The highest BCUT2D eigenvalue weighted by molar-refractivity contribution is 5.97. The maximum atomic E-state index is 12.4. The second-order valence-corrected chi connectivity index (χ2v) is 6.28. The maximum absolute atomic E-state index is 12.4. The standard InChI is InChI=1S/C20H27NO2/c1-2-3-4-5-6-10-13-19(22)21-18(14-15-20(21)23)16-17-11-8-7-9-12-17/h2,7-9,11-12,18H,1,3-6,10,13-16H2/t18-/m1/s1. The molecule has 1 heterocycles. The van der Waals surface area contributed by atoms with Crippen molar-refractivity contribution < 1.29 is 9.59 Å². The molecular formula is C20H27NO2. The van der Waals surface area contributed by atoms with Crippen LogP contribution in [0.15, 0.2) is 43.0 Å². The van der Waals surface area contributed by atoms with E-state index in [0.717, 1.165) is 44.9 Å². The van der Waals surface area contributed by atoms with Gasteiger partial charge in [0.15, 0.2) is 0 Å². The van der Waals surface area contributed by atoms with E-state index in [1.54, 1.807) is 0 Å². The van der Waals surface area contributed by atoms with Gasteiger partial charge in [-0.3, -0.25) is 14.5 Å². The second kappa shape index (κ2) is 9.29. The van der Waals surface area contributed by atoms with Crippen molar-refractivity contribution >= 4 is 11.8 Å². The van der Waals surface area contributed by atoms with E-state index in [4.69, 9.17) is 0 Å². The van der Waals surface area contributed by atoms with Gasteiger partial charge in [-0.2, -0.15) is 0 Å². The van der Waals surface area contributed by atoms with Crippen LogP contribution >= 0.6 is 0 Å². The molecule has 2 rings (SSSR count). The first-order chi connectivity index (χ1) is 11.2. The normalized spacial score (nSPS) is 17.5. The molecule has 0 aliphatic carbocycles. The molecule has 0 radical (unpaired) electrons. The van der Waals surface area contributed by atoms with E-state index in [2.05, 4.69) is 18.7 Å². The number of nitrogens with zero attached hydrogens (tertiary/aromatic N) is 1. The summed E-state index contributed by atoms with van der Waals surface area (Å²) < 4.78 is 0. The molecule has 0 aromatic heterocycles. The Hall–Kier alpha value is -1.90. The first kappa shape index (κ1) is 17.5. The highest BCUT2D eigenvalue weighted by Gasteiger charge is 2.35. The zero-order chi connectivity index (χ0) is 16.5. The Balaban J connectivity index is 1.81. The van der Waals surface area contributed by atoms with Gasteiger partial charge in [-0.05, 0) is 37.7 Å². The van der Waals surface area contributed by atoms with E-state index >= 15 is 0 Å². The van der Waals surface area contributed by atoms with E-state index in [0.29, 0.717) is 12.8 Å². The van der Waals surface area contributed by atoms with Gasteiger partial charge >= 0.3 is 0 Å². The predicted octanol–water partition coefficient (Wildman–Crippen LogP) is 4.27. The highest BCUT2D eigenvalue weighted by atomic mass is 16.2. The van der Waals surface area contributed by atoms with Gasteiger partial charge < -0.3 is 0 Å². The van der Waals surface area contributed by atoms with Crippen LogP contribution in [0.4, 0.5) is 0 Å². The Morgan fingerprint density at radius 1 is 1.17 bits per heavy atom. The molecule has 23 heavy (non-hydrogen) atoms. The number of allylic oxidation sites excluding steroid dienone is 1. The molecule has 124 valence electrons. The van der Waals surface area contributed by atoms with Crippen molar-refractivity contribution in [3.8, 4) is 0 Å². The Bertz CT molecular complexity index is 524. The van der Waals surface area contributed by atoms with Crippen molar-refractivity contribution in [2.75, 3.05) is 0 Å². The van der Waals surface area contributed by atoms with Crippen molar-refractivity contribution in [2.24, 2.45) is 0 Å². The van der Waals surface area contributed by atoms with Crippen molar-refractivity contribution in [3.63, 3.8) is 0 Å². The fraction of sp³-hybridized carbons (Fsp3) is 0.500. The van der Waals surface area contributed by atoms with Gasteiger partial charge in [0.2, 0.25) is 11.8 Å². The summed E-state index contributed by atoms with van der Waals surface area (Å²) in [6.45, 7) is 3.71. The molecule has 0 unspecified atom stereocenters. The number of unbranched alkanes of at least 4 members (excludes halogenated alkanes) is 4. The van der Waals surface area contributed by atoms with Gasteiger partial charge in [-0.1, -0.05) is 49.2 Å². The number of likely N-dealkylation sites (tertiary alicyclic amines) is 1. The summed E-state index contributed by atoms with van der Waals surface area (Å²) in [5.41, 5.74) is 1.19. The van der Waals surface area contributed by atoms with Crippen molar-refractivity contribution in [2.45, 2.75) is 63.8 Å². The molecule has 0 N–H and O–H groups in total. The average Bonchev–Trinajstić information content (AvgIpc) is 2.92. The van der Waals surface area contributed by atoms with Gasteiger partial charge in [0, 0.05) is 18.9 Å². The van der Waals surface area contributed by atoms with Crippen LogP contribution in [0.2, 0.25) is 0 Å². The molecule has 3 nitrogen and oxygen atoms in total. The van der Waals surface area contributed by atoms with Crippen molar-refractivity contribution in [3.05, 3.63) is 48.6 Å². The number of hydrogen-bond acceptors (Lipinski definition) is 2. The minimum Gasteiger partial charge on any atom is -0.279 e. The molecule has 1 aliphatic rings. The average molecular weight is 313 g/mol. The molecule has 2 amide bonds. The Morgan fingerprint density at radius 2 is 1.91 bits per heavy atom. The SMILES string of the molecule is C=CCCCCCCC(=O)N1C(=O)CC[C@@H]1Cc1ccccc1. The molecule has 1 aliphatic heterocycles. The lowest BCUT2D eigenvalue weighted by atomic mass is 10.0. The molecular weight excluding hydrogens is 286 g/mol. The van der Waals surface area contributed by atoms with Crippen molar-refractivity contribution in [1.29, 1.82) is 0 Å². The summed E-state index contributed by atoms with van der Waals surface area (Å²) >= 11 is 0. The highest BCUT2D eigenvalue weighted by Crippen LogP contribution is 2.24. The number of rotatable bonds is 9. The number of carbonyl (C=O) groups excluding carboxylic acids is 2. The first-order valence-corrected chi connectivity index (χ1v) is 8.72. The molecule has 0 spiro atoms. The second-order valence-electron chi connectivity index (χ2n) is 6.28. The molecule has 1 fully saturated rings. The third-order valence-electron chi connectivity index (χ3n) is 4.46. The van der Waals surface area contributed by atoms with Crippen LogP contribution < -0.4 is 0 Å². The maximum Gasteiger partial charge on any atom is 0.229 e. The summed E-state index contributed by atoms with van der Waals surface area (Å²) in [5, 5.41) is 0. The van der Waals surface area contributed by atoms with Crippen LogP contribution in [-0.2, 0) is 16.0 Å². The Labute approximate surface area is 139 Å². The predicted molar refractivity (Wildman–Crippen MR) is 92.9 cm³/mol. The quantitative estimate of drug-likeness (QED) is 0.504. The summed E-state index contributed by atoms with van der Waals surface area (Å²) in [4.78, 5) is 26.1. The van der Waals surface area contributed by atoms with E-state index in [-0.39, 0.29) is 17.9 Å². The van der Waals surface area contributed by atoms with Gasteiger partial charge in [0.25, 0.3) is 0 Å². The number of amides is 2. The first-order valence-electron chi connectivity index (χ1n) is 8.72. The number of imide groups is 1. The third kappa shape index (κ3) is 5.34. The van der Waals surface area contributed by atoms with Crippen LogP contribution in [0.1, 0.15) is 56.9 Å². The van der Waals surface area contributed by atoms with Gasteiger partial charge in [0.05, 0.1) is 0 Å². The lowest BCUT2D eigenvalue weighted by Crippen LogP contribution is -2.39. The zero-order valence-corrected chi connectivity index (χ0v) is 13.9.